The van der Waals surface area contributed by atoms with Crippen LogP contribution in [0.25, 0.3) is 0 Å². The van der Waals surface area contributed by atoms with E-state index in [-0.39, 0.29) is 11.5 Å². The smallest absolute Gasteiger partial charge is 0.344 e. The topological polar surface area (TPSA) is 102 Å². The summed E-state index contributed by atoms with van der Waals surface area (Å²) >= 11 is 0. The maximum absolute atomic E-state index is 12.8. The number of rotatable bonds is 8. The summed E-state index contributed by atoms with van der Waals surface area (Å²) in [6.07, 6.45) is 2.71. The van der Waals surface area contributed by atoms with Crippen LogP contribution in [0.3, 0.4) is 0 Å². The minimum atomic E-state index is -3.60. The maximum Gasteiger partial charge on any atom is 0.344 e. The summed E-state index contributed by atoms with van der Waals surface area (Å²) < 4.78 is 37.1. The first-order chi connectivity index (χ1) is 14.4. The molecule has 160 valence electrons. The molecule has 0 radical (unpaired) electrons. The van der Waals surface area contributed by atoms with Crippen molar-refractivity contribution >= 4 is 27.6 Å². The molecule has 1 amide bonds. The van der Waals surface area contributed by atoms with Crippen molar-refractivity contribution in [3.63, 3.8) is 0 Å². The summed E-state index contributed by atoms with van der Waals surface area (Å²) in [4.78, 5) is 23.9. The molecule has 1 fully saturated rings. The molecule has 1 aliphatic heterocycles. The summed E-state index contributed by atoms with van der Waals surface area (Å²) in [5.41, 5.74) is 0.315. The first-order valence-corrected chi connectivity index (χ1v) is 11.1. The van der Waals surface area contributed by atoms with Gasteiger partial charge in [-0.15, -0.1) is 0 Å². The molecule has 2 aromatic carbocycles. The lowest BCUT2D eigenvalue weighted by molar-refractivity contribution is -0.149. The number of piperidine rings is 1. The number of amides is 1. The molecule has 2 aromatic rings. The van der Waals surface area contributed by atoms with Crippen LogP contribution >= 0.6 is 0 Å². The van der Waals surface area contributed by atoms with E-state index in [1.807, 2.05) is 6.07 Å². The Morgan fingerprint density at radius 3 is 2.40 bits per heavy atom. The van der Waals surface area contributed by atoms with E-state index < -0.39 is 28.5 Å². The zero-order chi connectivity index (χ0) is 21.4. The van der Waals surface area contributed by atoms with E-state index in [0.717, 1.165) is 19.3 Å². The molecule has 0 spiro atoms. The molecule has 1 heterocycles. The summed E-state index contributed by atoms with van der Waals surface area (Å²) in [6.45, 7) is 0.181. The van der Waals surface area contributed by atoms with Crippen LogP contribution in [0, 0.1) is 0 Å². The summed E-state index contributed by atoms with van der Waals surface area (Å²) in [7, 11) is -3.60. The second-order valence-corrected chi connectivity index (χ2v) is 8.74. The first kappa shape index (κ1) is 21.8. The molecule has 1 N–H and O–H groups in total. The monoisotopic (exact) mass is 432 g/mol. The van der Waals surface area contributed by atoms with E-state index in [1.54, 1.807) is 36.4 Å². The van der Waals surface area contributed by atoms with Gasteiger partial charge in [0, 0.05) is 18.8 Å². The highest BCUT2D eigenvalue weighted by molar-refractivity contribution is 7.89. The predicted molar refractivity (Wildman–Crippen MR) is 111 cm³/mol. The number of ether oxygens (including phenoxy) is 2. The summed E-state index contributed by atoms with van der Waals surface area (Å²) in [6, 6.07) is 14.8. The molecule has 0 unspecified atom stereocenters. The first-order valence-electron chi connectivity index (χ1n) is 9.69. The lowest BCUT2D eigenvalue weighted by atomic mass is 10.2. The SMILES string of the molecule is O=C(COC(=O)COc1ccccc1)Nc1cccc(S(=O)(=O)N2CCCCC2)c1. The van der Waals surface area contributed by atoms with Crippen molar-refractivity contribution in [3.05, 3.63) is 54.6 Å². The number of nitrogens with one attached hydrogen (secondary N) is 1. The molecule has 0 saturated carbocycles. The number of carbonyl (C=O) groups is 2. The molecule has 30 heavy (non-hydrogen) atoms. The third-order valence-electron chi connectivity index (χ3n) is 4.53. The number of sulfonamides is 1. The van der Waals surface area contributed by atoms with Gasteiger partial charge in [-0.3, -0.25) is 4.79 Å². The Bertz CT molecular complexity index is 972. The normalized spacial score (nSPS) is 14.7. The number of benzene rings is 2. The van der Waals surface area contributed by atoms with Crippen LogP contribution in [0.4, 0.5) is 5.69 Å². The Kier molecular flexibility index (Phi) is 7.42. The molecule has 9 heteroatoms. The van der Waals surface area contributed by atoms with E-state index in [1.165, 1.54) is 16.4 Å². The predicted octanol–water partition coefficient (Wildman–Crippen LogP) is 2.42. The molecule has 0 atom stereocenters. The standard InChI is InChI=1S/C21H24N2O6S/c24-20(15-29-21(25)16-28-18-9-3-1-4-10-18)22-17-8-7-11-19(14-17)30(26,27)23-12-5-2-6-13-23/h1,3-4,7-11,14H,2,5-6,12-13,15-16H2,(H,22,24). The fraction of sp³-hybridized carbons (Fsp3) is 0.333. The van der Waals surface area contributed by atoms with Gasteiger partial charge >= 0.3 is 5.97 Å². The van der Waals surface area contributed by atoms with E-state index in [9.17, 15) is 18.0 Å². The summed E-state index contributed by atoms with van der Waals surface area (Å²) in [5, 5.41) is 2.55. The molecule has 1 saturated heterocycles. The van der Waals surface area contributed by atoms with Gasteiger partial charge < -0.3 is 14.8 Å². The van der Waals surface area contributed by atoms with Gasteiger partial charge in [-0.1, -0.05) is 30.7 Å². The minimum absolute atomic E-state index is 0.121. The van der Waals surface area contributed by atoms with Crippen LogP contribution in [0.2, 0.25) is 0 Å². The van der Waals surface area contributed by atoms with E-state index >= 15 is 0 Å². The highest BCUT2D eigenvalue weighted by Gasteiger charge is 2.26. The Labute approximate surface area is 175 Å². The fourth-order valence-electron chi connectivity index (χ4n) is 3.03. The number of anilines is 1. The van der Waals surface area contributed by atoms with Crippen LogP contribution < -0.4 is 10.1 Å². The largest absolute Gasteiger partial charge is 0.482 e. The van der Waals surface area contributed by atoms with Gasteiger partial charge in [0.1, 0.15) is 5.75 Å². The fourth-order valence-corrected chi connectivity index (χ4v) is 4.60. The Balaban J connectivity index is 1.50. The lowest BCUT2D eigenvalue weighted by Crippen LogP contribution is -2.35. The van der Waals surface area contributed by atoms with Gasteiger partial charge in [-0.05, 0) is 43.2 Å². The van der Waals surface area contributed by atoms with Gasteiger partial charge in [0.15, 0.2) is 13.2 Å². The lowest BCUT2D eigenvalue weighted by Gasteiger charge is -2.26. The average Bonchev–Trinajstić information content (AvgIpc) is 2.78. The molecule has 8 nitrogen and oxygen atoms in total. The van der Waals surface area contributed by atoms with Gasteiger partial charge in [0.2, 0.25) is 10.0 Å². The van der Waals surface area contributed by atoms with E-state index in [4.69, 9.17) is 9.47 Å². The highest BCUT2D eigenvalue weighted by atomic mass is 32.2. The molecule has 0 bridgehead atoms. The quantitative estimate of drug-likeness (QED) is 0.643. The number of carbonyl (C=O) groups excluding carboxylic acids is 2. The minimum Gasteiger partial charge on any atom is -0.482 e. The zero-order valence-corrected chi connectivity index (χ0v) is 17.3. The summed E-state index contributed by atoms with van der Waals surface area (Å²) in [5.74, 6) is -0.739. The second-order valence-electron chi connectivity index (χ2n) is 6.80. The molecular weight excluding hydrogens is 408 g/mol. The van der Waals surface area contributed by atoms with Crippen molar-refractivity contribution < 1.29 is 27.5 Å². The molecular formula is C21H24N2O6S. The molecule has 0 aliphatic carbocycles. The number of nitrogens with zero attached hydrogens (tertiary/aromatic N) is 1. The van der Waals surface area contributed by atoms with Crippen molar-refractivity contribution in [2.24, 2.45) is 0 Å². The van der Waals surface area contributed by atoms with Crippen LogP contribution in [-0.2, 0) is 24.3 Å². The number of esters is 1. The second kappa shape index (κ2) is 10.2. The van der Waals surface area contributed by atoms with Gasteiger partial charge in [0.05, 0.1) is 4.90 Å². The van der Waals surface area contributed by atoms with Crippen LogP contribution in [-0.4, -0.2) is 50.9 Å². The number of hydrogen-bond donors (Lipinski definition) is 1. The Hall–Kier alpha value is -2.91. The van der Waals surface area contributed by atoms with E-state index in [0.29, 0.717) is 24.5 Å². The Morgan fingerprint density at radius 2 is 1.67 bits per heavy atom. The maximum atomic E-state index is 12.8. The van der Waals surface area contributed by atoms with Crippen LogP contribution in [0.15, 0.2) is 59.5 Å². The number of hydrogen-bond acceptors (Lipinski definition) is 6. The third-order valence-corrected chi connectivity index (χ3v) is 6.43. The van der Waals surface area contributed by atoms with Crippen molar-refractivity contribution in [2.75, 3.05) is 31.6 Å². The van der Waals surface area contributed by atoms with Gasteiger partial charge in [0.25, 0.3) is 5.91 Å². The molecule has 1 aliphatic rings. The van der Waals surface area contributed by atoms with Crippen molar-refractivity contribution in [3.8, 4) is 5.75 Å². The Morgan fingerprint density at radius 1 is 0.933 bits per heavy atom. The number of para-hydroxylation sites is 1. The zero-order valence-electron chi connectivity index (χ0n) is 16.5. The van der Waals surface area contributed by atoms with Crippen molar-refractivity contribution in [2.45, 2.75) is 24.2 Å². The average molecular weight is 432 g/mol. The molecule has 3 rings (SSSR count). The van der Waals surface area contributed by atoms with Crippen LogP contribution in [0.5, 0.6) is 5.75 Å². The third kappa shape index (κ3) is 6.04. The van der Waals surface area contributed by atoms with E-state index in [2.05, 4.69) is 5.32 Å². The molecule has 0 aromatic heterocycles. The van der Waals surface area contributed by atoms with Crippen molar-refractivity contribution in [1.82, 2.24) is 4.31 Å². The highest BCUT2D eigenvalue weighted by Crippen LogP contribution is 2.22. The van der Waals surface area contributed by atoms with Gasteiger partial charge in [-0.25, -0.2) is 13.2 Å². The van der Waals surface area contributed by atoms with Crippen LogP contribution in [0.1, 0.15) is 19.3 Å². The van der Waals surface area contributed by atoms with Gasteiger partial charge in [-0.2, -0.15) is 4.31 Å². The van der Waals surface area contributed by atoms with Crippen molar-refractivity contribution in [1.29, 1.82) is 0 Å².